The van der Waals surface area contributed by atoms with Gasteiger partial charge in [0.15, 0.2) is 0 Å². The molecule has 0 bridgehead atoms. The number of nitrogens with zero attached hydrogens (tertiary/aromatic N) is 2. The van der Waals surface area contributed by atoms with Crippen LogP contribution in [0.3, 0.4) is 0 Å². The molecule has 0 amide bonds. The third-order valence-corrected chi connectivity index (χ3v) is 6.22. The summed E-state index contributed by atoms with van der Waals surface area (Å²) in [5.41, 5.74) is 5.56. The van der Waals surface area contributed by atoms with Gasteiger partial charge in [0.1, 0.15) is 0 Å². The molecule has 2 aliphatic rings. The molecule has 0 atom stereocenters. The van der Waals surface area contributed by atoms with Gasteiger partial charge in [-0.3, -0.25) is 0 Å². The van der Waals surface area contributed by atoms with Gasteiger partial charge in [-0.05, 0) is 44.7 Å². The standard InChI is InChI=1S/C24H38N2.BF4/c1-20-17-21(2)24(22(3)18-20)26-16-15-25(19-26)23-13-11-9-7-5-4-6-8-10-12-14-23;2-1(3,4)5/h15-18,23H,4-14,19H2,1-3H3;/q;-1. The molecule has 0 radical (unpaired) electrons. The molecule has 0 unspecified atom stereocenters. The molecule has 2 nitrogen and oxygen atoms in total. The molecule has 0 saturated heterocycles. The third-order valence-electron chi connectivity index (χ3n) is 6.22. The van der Waals surface area contributed by atoms with Crippen LogP contribution >= 0.6 is 0 Å². The molecular formula is C24H38BF4N2-. The highest BCUT2D eigenvalue weighted by atomic mass is 19.5. The Morgan fingerprint density at radius 2 is 1.13 bits per heavy atom. The molecule has 176 valence electrons. The minimum Gasteiger partial charge on any atom is -0.418 e. The Morgan fingerprint density at radius 1 is 0.710 bits per heavy atom. The van der Waals surface area contributed by atoms with Crippen LogP contribution in [-0.2, 0) is 0 Å². The smallest absolute Gasteiger partial charge is 0.418 e. The second-order valence-corrected chi connectivity index (χ2v) is 9.08. The summed E-state index contributed by atoms with van der Waals surface area (Å²) < 4.78 is 39.0. The number of hydrogen-bond donors (Lipinski definition) is 0. The van der Waals surface area contributed by atoms with Crippen molar-refractivity contribution in [3.05, 3.63) is 41.2 Å². The third kappa shape index (κ3) is 9.57. The summed E-state index contributed by atoms with van der Waals surface area (Å²) in [4.78, 5) is 5.07. The Bertz CT molecular complexity index is 664. The number of halogens is 4. The monoisotopic (exact) mass is 441 g/mol. The fourth-order valence-electron chi connectivity index (χ4n) is 4.92. The molecule has 1 saturated carbocycles. The number of rotatable bonds is 2. The average molecular weight is 441 g/mol. The maximum Gasteiger partial charge on any atom is 0.673 e. The van der Waals surface area contributed by atoms with Crippen LogP contribution in [0.15, 0.2) is 24.5 Å². The summed E-state index contributed by atoms with van der Waals surface area (Å²) in [6.45, 7) is 7.72. The summed E-state index contributed by atoms with van der Waals surface area (Å²) in [5, 5.41) is 0. The van der Waals surface area contributed by atoms with Gasteiger partial charge in [0.2, 0.25) is 0 Å². The van der Waals surface area contributed by atoms with Crippen molar-refractivity contribution in [3.8, 4) is 0 Å². The summed E-state index contributed by atoms with van der Waals surface area (Å²) >= 11 is 0. The minimum atomic E-state index is -6.00. The largest absolute Gasteiger partial charge is 0.673 e. The van der Waals surface area contributed by atoms with E-state index in [0.29, 0.717) is 0 Å². The number of anilines is 1. The molecule has 1 heterocycles. The van der Waals surface area contributed by atoms with Gasteiger partial charge < -0.3 is 27.1 Å². The molecule has 31 heavy (non-hydrogen) atoms. The lowest BCUT2D eigenvalue weighted by molar-refractivity contribution is 0.253. The Kier molecular flexibility index (Phi) is 10.2. The summed E-state index contributed by atoms with van der Waals surface area (Å²) in [6.07, 6.45) is 20.3. The van der Waals surface area contributed by atoms with Crippen LogP contribution in [0.5, 0.6) is 0 Å². The lowest BCUT2D eigenvalue weighted by Gasteiger charge is -2.31. The number of aryl methyl sites for hydroxylation is 3. The lowest BCUT2D eigenvalue weighted by Crippen LogP contribution is -2.34. The van der Waals surface area contributed by atoms with Crippen LogP contribution in [0.1, 0.15) is 87.3 Å². The van der Waals surface area contributed by atoms with E-state index >= 15 is 0 Å². The van der Waals surface area contributed by atoms with E-state index in [-0.39, 0.29) is 0 Å². The quantitative estimate of drug-likeness (QED) is 0.338. The molecule has 1 aromatic carbocycles. The summed E-state index contributed by atoms with van der Waals surface area (Å²) in [7, 11) is -6.00. The first-order chi connectivity index (χ1) is 14.6. The Labute approximate surface area is 185 Å². The van der Waals surface area contributed by atoms with E-state index < -0.39 is 7.25 Å². The maximum absolute atomic E-state index is 9.75. The van der Waals surface area contributed by atoms with Gasteiger partial charge in [0, 0.05) is 24.1 Å². The predicted molar refractivity (Wildman–Crippen MR) is 124 cm³/mol. The van der Waals surface area contributed by atoms with Crippen LogP contribution in [0.2, 0.25) is 0 Å². The molecule has 7 heteroatoms. The highest BCUT2D eigenvalue weighted by Crippen LogP contribution is 2.31. The van der Waals surface area contributed by atoms with Crippen molar-refractivity contribution in [2.75, 3.05) is 11.6 Å². The Balaban J connectivity index is 0.000000614. The fraction of sp³-hybridized carbons (Fsp3) is 0.667. The number of hydrogen-bond acceptors (Lipinski definition) is 2. The first-order valence-electron chi connectivity index (χ1n) is 11.8. The predicted octanol–water partition coefficient (Wildman–Crippen LogP) is 8.14. The van der Waals surface area contributed by atoms with Gasteiger partial charge in [-0.15, -0.1) is 0 Å². The highest BCUT2D eigenvalue weighted by Gasteiger charge is 2.23. The second-order valence-electron chi connectivity index (χ2n) is 9.08. The van der Waals surface area contributed by atoms with Crippen molar-refractivity contribution in [2.24, 2.45) is 0 Å². The first kappa shape index (κ1) is 25.6. The highest BCUT2D eigenvalue weighted by molar-refractivity contribution is 6.50. The minimum absolute atomic E-state index is 0.724. The zero-order valence-corrected chi connectivity index (χ0v) is 19.4. The zero-order chi connectivity index (χ0) is 22.9. The second kappa shape index (κ2) is 12.4. The molecule has 1 aromatic rings. The van der Waals surface area contributed by atoms with E-state index in [9.17, 15) is 17.3 Å². The van der Waals surface area contributed by atoms with Crippen molar-refractivity contribution in [2.45, 2.75) is 97.4 Å². The van der Waals surface area contributed by atoms with Gasteiger partial charge in [-0.2, -0.15) is 0 Å². The normalized spacial score (nSPS) is 19.5. The summed E-state index contributed by atoms with van der Waals surface area (Å²) in [5.74, 6) is 0. The van der Waals surface area contributed by atoms with Crippen molar-refractivity contribution in [1.82, 2.24) is 4.90 Å². The topological polar surface area (TPSA) is 6.48 Å². The maximum atomic E-state index is 9.75. The van der Waals surface area contributed by atoms with E-state index in [1.165, 1.54) is 93.0 Å². The molecule has 0 aromatic heterocycles. The van der Waals surface area contributed by atoms with E-state index in [4.69, 9.17) is 0 Å². The molecule has 0 spiro atoms. The van der Waals surface area contributed by atoms with Crippen molar-refractivity contribution in [3.63, 3.8) is 0 Å². The zero-order valence-electron chi connectivity index (χ0n) is 19.4. The Morgan fingerprint density at radius 3 is 1.58 bits per heavy atom. The van der Waals surface area contributed by atoms with E-state index in [0.717, 1.165) is 12.7 Å². The van der Waals surface area contributed by atoms with E-state index in [2.05, 4.69) is 55.1 Å². The van der Waals surface area contributed by atoms with E-state index in [1.54, 1.807) is 0 Å². The van der Waals surface area contributed by atoms with Crippen LogP contribution in [-0.4, -0.2) is 24.9 Å². The average Bonchev–Trinajstić information content (AvgIpc) is 3.09. The van der Waals surface area contributed by atoms with E-state index in [1.807, 2.05) is 0 Å². The van der Waals surface area contributed by atoms with Crippen LogP contribution in [0.25, 0.3) is 0 Å². The van der Waals surface area contributed by atoms with Gasteiger partial charge >= 0.3 is 7.25 Å². The molecule has 1 aliphatic carbocycles. The van der Waals surface area contributed by atoms with Gasteiger partial charge in [0.05, 0.1) is 6.67 Å². The molecule has 3 rings (SSSR count). The SMILES string of the molecule is Cc1cc(C)c(N2C=CN(C3CCCCCCCCCCC3)C2)c(C)c1.F[B-](F)(F)F. The van der Waals surface area contributed by atoms with Crippen molar-refractivity contribution < 1.29 is 17.3 Å². The number of benzene rings is 1. The molecule has 0 N–H and O–H groups in total. The summed E-state index contributed by atoms with van der Waals surface area (Å²) in [6, 6.07) is 5.35. The first-order valence-corrected chi connectivity index (χ1v) is 11.8. The molecular weight excluding hydrogens is 403 g/mol. The van der Waals surface area contributed by atoms with Crippen molar-refractivity contribution in [1.29, 1.82) is 0 Å². The Hall–Kier alpha value is -1.66. The van der Waals surface area contributed by atoms with Gasteiger partial charge in [-0.1, -0.05) is 75.5 Å². The van der Waals surface area contributed by atoms with Crippen LogP contribution in [0.4, 0.5) is 23.0 Å². The van der Waals surface area contributed by atoms with Crippen LogP contribution in [0, 0.1) is 20.8 Å². The molecule has 1 fully saturated rings. The van der Waals surface area contributed by atoms with Crippen LogP contribution < -0.4 is 4.90 Å². The van der Waals surface area contributed by atoms with Gasteiger partial charge in [-0.25, -0.2) is 0 Å². The lowest BCUT2D eigenvalue weighted by atomic mass is 9.97. The molecule has 1 aliphatic heterocycles. The van der Waals surface area contributed by atoms with Gasteiger partial charge in [0.25, 0.3) is 0 Å². The fourth-order valence-corrected chi connectivity index (χ4v) is 4.92. The van der Waals surface area contributed by atoms with Crippen molar-refractivity contribution >= 4 is 12.9 Å².